The first kappa shape index (κ1) is 13.4. The average Bonchev–Trinajstić information content (AvgIpc) is 2.47. The maximum absolute atomic E-state index is 11.1. The molecule has 0 aliphatic carbocycles. The van der Waals surface area contributed by atoms with Crippen molar-refractivity contribution in [3.05, 3.63) is 53.0 Å². The quantitative estimate of drug-likeness (QED) is 0.783. The van der Waals surface area contributed by atoms with Crippen molar-refractivity contribution in [1.82, 2.24) is 15.0 Å². The summed E-state index contributed by atoms with van der Waals surface area (Å²) in [5.74, 6) is -0.896. The largest absolute Gasteiger partial charge is 0.475 e. The number of para-hydroxylation sites is 1. The Kier molecular flexibility index (Phi) is 3.49. The molecule has 0 unspecified atom stereocenters. The van der Waals surface area contributed by atoms with E-state index in [0.29, 0.717) is 16.7 Å². The molecule has 21 heavy (non-hydrogen) atoms. The van der Waals surface area contributed by atoms with Crippen molar-refractivity contribution in [1.29, 1.82) is 0 Å². The molecule has 0 aliphatic rings. The highest BCUT2D eigenvalue weighted by Crippen LogP contribution is 2.28. The summed E-state index contributed by atoms with van der Waals surface area (Å²) in [5.41, 5.74) is 0.503. The van der Waals surface area contributed by atoms with E-state index in [1.165, 1.54) is 6.20 Å². The van der Waals surface area contributed by atoms with Gasteiger partial charge in [-0.1, -0.05) is 12.1 Å². The summed E-state index contributed by atoms with van der Waals surface area (Å²) >= 11 is 3.29. The van der Waals surface area contributed by atoms with Gasteiger partial charge in [-0.3, -0.25) is 4.98 Å². The van der Waals surface area contributed by atoms with Gasteiger partial charge in [0.2, 0.25) is 11.7 Å². The minimum Gasteiger partial charge on any atom is -0.475 e. The van der Waals surface area contributed by atoms with Crippen LogP contribution in [0, 0.1) is 0 Å². The maximum atomic E-state index is 11.1. The van der Waals surface area contributed by atoms with Crippen LogP contribution in [0.3, 0.4) is 0 Å². The zero-order valence-corrected chi connectivity index (χ0v) is 12.1. The van der Waals surface area contributed by atoms with E-state index in [-0.39, 0.29) is 11.7 Å². The molecule has 0 spiro atoms. The third kappa shape index (κ3) is 2.82. The zero-order valence-electron chi connectivity index (χ0n) is 10.5. The number of fused-ring (bicyclic) bond motifs is 1. The van der Waals surface area contributed by atoms with E-state index in [9.17, 15) is 4.79 Å². The molecule has 0 amide bonds. The van der Waals surface area contributed by atoms with Crippen LogP contribution in [0.25, 0.3) is 10.9 Å². The van der Waals surface area contributed by atoms with Gasteiger partial charge in [-0.25, -0.2) is 9.78 Å². The van der Waals surface area contributed by atoms with Gasteiger partial charge in [0.15, 0.2) is 0 Å². The molecule has 0 atom stereocenters. The molecule has 0 radical (unpaired) electrons. The molecule has 1 N–H and O–H groups in total. The van der Waals surface area contributed by atoms with E-state index in [0.717, 1.165) is 4.47 Å². The van der Waals surface area contributed by atoms with Crippen molar-refractivity contribution in [2.24, 2.45) is 0 Å². The van der Waals surface area contributed by atoms with Crippen LogP contribution < -0.4 is 4.74 Å². The molecule has 104 valence electrons. The minimum atomic E-state index is -1.21. The molecule has 1 aromatic carbocycles. The lowest BCUT2D eigenvalue weighted by Gasteiger charge is -2.08. The molecule has 3 aromatic rings. The van der Waals surface area contributed by atoms with Gasteiger partial charge in [0.05, 0.1) is 17.1 Å². The van der Waals surface area contributed by atoms with Gasteiger partial charge >= 0.3 is 5.97 Å². The normalized spacial score (nSPS) is 10.5. The number of halogens is 1. The van der Waals surface area contributed by atoms with Crippen molar-refractivity contribution < 1.29 is 14.6 Å². The lowest BCUT2D eigenvalue weighted by Crippen LogP contribution is -2.05. The summed E-state index contributed by atoms with van der Waals surface area (Å²) in [6.45, 7) is 0. The van der Waals surface area contributed by atoms with Gasteiger partial charge in [-0.2, -0.15) is 4.98 Å². The van der Waals surface area contributed by atoms with Crippen LogP contribution >= 0.6 is 15.9 Å². The Hall–Kier alpha value is -2.54. The van der Waals surface area contributed by atoms with Crippen molar-refractivity contribution in [3.63, 3.8) is 0 Å². The van der Waals surface area contributed by atoms with Crippen molar-refractivity contribution in [3.8, 4) is 11.6 Å². The Morgan fingerprint density at radius 2 is 2.00 bits per heavy atom. The number of hydrogen-bond donors (Lipinski definition) is 1. The number of hydrogen-bond acceptors (Lipinski definition) is 5. The smallest absolute Gasteiger partial charge is 0.374 e. The second kappa shape index (κ2) is 5.45. The molecule has 0 fully saturated rings. The third-order valence-electron chi connectivity index (χ3n) is 2.65. The van der Waals surface area contributed by atoms with E-state index in [1.54, 1.807) is 36.5 Å². The van der Waals surface area contributed by atoms with Gasteiger partial charge in [0.25, 0.3) is 0 Å². The highest BCUT2D eigenvalue weighted by Gasteiger charge is 2.14. The second-order valence-electron chi connectivity index (χ2n) is 4.12. The first-order chi connectivity index (χ1) is 10.1. The summed E-state index contributed by atoms with van der Waals surface area (Å²) in [6.07, 6.45) is 3.13. The highest BCUT2D eigenvalue weighted by atomic mass is 79.9. The number of carbonyl (C=O) groups is 1. The molecule has 0 aliphatic heterocycles. The summed E-state index contributed by atoms with van der Waals surface area (Å²) in [4.78, 5) is 23.0. The predicted molar refractivity (Wildman–Crippen MR) is 78.5 cm³/mol. The van der Waals surface area contributed by atoms with Crippen LogP contribution in [0.4, 0.5) is 0 Å². The lowest BCUT2D eigenvalue weighted by atomic mass is 10.2. The Balaban J connectivity index is 2.13. The fourth-order valence-corrected chi connectivity index (χ4v) is 2.12. The molecule has 0 bridgehead atoms. The molecule has 6 nitrogen and oxygen atoms in total. The van der Waals surface area contributed by atoms with Gasteiger partial charge in [-0.15, -0.1) is 0 Å². The van der Waals surface area contributed by atoms with E-state index >= 15 is 0 Å². The average molecular weight is 346 g/mol. The van der Waals surface area contributed by atoms with Crippen LogP contribution in [0.1, 0.15) is 10.6 Å². The van der Waals surface area contributed by atoms with Crippen LogP contribution in [-0.4, -0.2) is 26.0 Å². The van der Waals surface area contributed by atoms with Crippen LogP contribution in [-0.2, 0) is 0 Å². The van der Waals surface area contributed by atoms with E-state index in [1.807, 2.05) is 0 Å². The minimum absolute atomic E-state index is 0.179. The summed E-state index contributed by atoms with van der Waals surface area (Å²) in [6, 6.07) is 8.76. The number of pyridine rings is 1. The summed E-state index contributed by atoms with van der Waals surface area (Å²) < 4.78 is 6.40. The van der Waals surface area contributed by atoms with Gasteiger partial charge in [0.1, 0.15) is 5.75 Å². The Morgan fingerprint density at radius 3 is 2.76 bits per heavy atom. The summed E-state index contributed by atoms with van der Waals surface area (Å²) in [5, 5.41) is 9.71. The predicted octanol–water partition coefficient (Wildman–Crippen LogP) is 3.28. The van der Waals surface area contributed by atoms with Crippen LogP contribution in [0.2, 0.25) is 0 Å². The zero-order chi connectivity index (χ0) is 14.8. The number of rotatable bonds is 3. The second-order valence-corrected chi connectivity index (χ2v) is 5.03. The molecule has 7 heteroatoms. The fourth-order valence-electron chi connectivity index (χ4n) is 1.78. The number of aromatic carboxylic acids is 1. The Morgan fingerprint density at radius 1 is 1.19 bits per heavy atom. The molecule has 0 saturated heterocycles. The molecule has 3 rings (SSSR count). The first-order valence-corrected chi connectivity index (χ1v) is 6.71. The Bertz CT molecular complexity index is 839. The van der Waals surface area contributed by atoms with Gasteiger partial charge in [0, 0.05) is 10.7 Å². The van der Waals surface area contributed by atoms with Crippen molar-refractivity contribution >= 4 is 32.8 Å². The monoisotopic (exact) mass is 345 g/mol. The number of nitrogens with zero attached hydrogens (tertiary/aromatic N) is 3. The molecule has 2 aromatic heterocycles. The standard InChI is InChI=1S/C14H8BrN3O3/c15-8-5-9(7-16-6-8)21-13-10-3-1-2-4-11(10)17-12(18-13)14(19)20/h1-7H,(H,19,20). The topological polar surface area (TPSA) is 85.2 Å². The number of benzene rings is 1. The Labute approximate surface area is 127 Å². The van der Waals surface area contributed by atoms with E-state index < -0.39 is 5.97 Å². The van der Waals surface area contributed by atoms with Crippen LogP contribution in [0.5, 0.6) is 11.6 Å². The van der Waals surface area contributed by atoms with Crippen LogP contribution in [0.15, 0.2) is 47.2 Å². The SMILES string of the molecule is O=C(O)c1nc(Oc2cncc(Br)c2)c2ccccc2n1. The van der Waals surface area contributed by atoms with Gasteiger partial charge in [-0.05, 0) is 34.1 Å². The number of carboxylic acids is 1. The highest BCUT2D eigenvalue weighted by molar-refractivity contribution is 9.10. The molecular weight excluding hydrogens is 338 g/mol. The molecule has 2 heterocycles. The third-order valence-corrected chi connectivity index (χ3v) is 3.09. The number of carboxylic acid groups (broad SMARTS) is 1. The number of aromatic nitrogens is 3. The summed E-state index contributed by atoms with van der Waals surface area (Å²) in [7, 11) is 0. The fraction of sp³-hybridized carbons (Fsp3) is 0. The number of ether oxygens (including phenoxy) is 1. The van der Waals surface area contributed by atoms with Crippen molar-refractivity contribution in [2.75, 3.05) is 0 Å². The lowest BCUT2D eigenvalue weighted by molar-refractivity contribution is 0.0683. The molecular formula is C14H8BrN3O3. The first-order valence-electron chi connectivity index (χ1n) is 5.92. The maximum Gasteiger partial charge on any atom is 0.374 e. The molecule has 0 saturated carbocycles. The van der Waals surface area contributed by atoms with Crippen molar-refractivity contribution in [2.45, 2.75) is 0 Å². The van der Waals surface area contributed by atoms with Gasteiger partial charge < -0.3 is 9.84 Å². The van der Waals surface area contributed by atoms with E-state index in [2.05, 4.69) is 30.9 Å². The van der Waals surface area contributed by atoms with E-state index in [4.69, 9.17) is 9.84 Å².